The van der Waals surface area contributed by atoms with Crippen LogP contribution in [-0.4, -0.2) is 112 Å². The van der Waals surface area contributed by atoms with Gasteiger partial charge in [0.1, 0.15) is 60.4 Å². The molecule has 10 atom stereocenters. The van der Waals surface area contributed by atoms with Crippen LogP contribution in [0.5, 0.6) is 0 Å². The quantitative estimate of drug-likeness (QED) is 0.0453. The number of rotatable bonds is 17. The van der Waals surface area contributed by atoms with E-state index < -0.39 is 95.1 Å². The summed E-state index contributed by atoms with van der Waals surface area (Å²) in [5, 5.41) is 0. The van der Waals surface area contributed by atoms with E-state index in [1.165, 1.54) is 60.3 Å². The fourth-order valence-electron chi connectivity index (χ4n) is 7.52. The van der Waals surface area contributed by atoms with Gasteiger partial charge in [0.25, 0.3) is 0 Å². The molecule has 0 amide bonds. The number of anilines is 2. The number of esters is 1. The molecule has 0 spiro atoms. The van der Waals surface area contributed by atoms with Crippen LogP contribution in [0.15, 0.2) is 25.3 Å². The van der Waals surface area contributed by atoms with E-state index in [9.17, 15) is 18.8 Å². The minimum atomic E-state index is -4.72. The first-order valence-corrected chi connectivity index (χ1v) is 25.5. The maximum atomic E-state index is 16.7. The molecule has 3 aliphatic rings. The molecular weight excluding hydrogens is 880 g/mol. The van der Waals surface area contributed by atoms with Crippen molar-refractivity contribution < 1.29 is 60.1 Å². The molecule has 21 nitrogen and oxygen atoms in total. The Kier molecular flexibility index (Phi) is 15.8. The zero-order valence-electron chi connectivity index (χ0n) is 34.1. The smallest absolute Gasteiger partial charge is 0.392 e. The molecule has 342 valence electrons. The number of imidazole rings is 2. The lowest BCUT2D eigenvalue weighted by Gasteiger charge is -2.26. The Morgan fingerprint density at radius 3 is 1.89 bits per heavy atom. The molecule has 3 saturated heterocycles. The van der Waals surface area contributed by atoms with Crippen molar-refractivity contribution in [3.8, 4) is 0 Å². The van der Waals surface area contributed by atoms with Gasteiger partial charge in [0.15, 0.2) is 47.7 Å². The predicted molar refractivity (Wildman–Crippen MR) is 221 cm³/mol. The Balaban J connectivity index is 1.06. The number of carbonyl (C=O) groups excluding carboxylic acids is 1. The maximum Gasteiger partial charge on any atom is 0.392 e. The Labute approximate surface area is 359 Å². The monoisotopic (exact) mass is 932 g/mol. The average Bonchev–Trinajstić information content (AvgIpc) is 4.02. The number of ether oxygens (including phenoxy) is 4. The summed E-state index contributed by atoms with van der Waals surface area (Å²) in [4.78, 5) is 48.0. The second kappa shape index (κ2) is 21.0. The molecule has 7 rings (SSSR count). The van der Waals surface area contributed by atoms with Crippen LogP contribution in [0, 0.1) is 0 Å². The fourth-order valence-corrected chi connectivity index (χ4v) is 11.2. The fraction of sp³-hybridized carbons (Fsp3) is 0.694. The van der Waals surface area contributed by atoms with Crippen LogP contribution in [0.25, 0.3) is 22.3 Å². The number of nitrogens with two attached hydrogens (primary N) is 2. The number of unbranched alkanes of at least 4 members (excludes halogenated alkanes) is 10. The lowest BCUT2D eigenvalue weighted by molar-refractivity contribution is -0.141. The van der Waals surface area contributed by atoms with Crippen LogP contribution in [0.4, 0.5) is 20.4 Å². The predicted octanol–water partition coefficient (Wildman–Crippen LogP) is 6.30. The summed E-state index contributed by atoms with van der Waals surface area (Å²) in [6.07, 6.45) is 2.42. The molecule has 3 aliphatic heterocycles. The maximum absolute atomic E-state index is 16.7. The van der Waals surface area contributed by atoms with Crippen LogP contribution in [0.3, 0.4) is 0 Å². The highest BCUT2D eigenvalue weighted by Gasteiger charge is 2.54. The van der Waals surface area contributed by atoms with Crippen LogP contribution < -0.4 is 11.5 Å². The number of hydrogen-bond donors (Lipinski definition) is 3. The third-order valence-corrected chi connectivity index (χ3v) is 15.2. The van der Waals surface area contributed by atoms with Gasteiger partial charge in [-0.25, -0.2) is 43.2 Å². The van der Waals surface area contributed by atoms with Crippen molar-refractivity contribution >= 4 is 65.7 Å². The Morgan fingerprint density at radius 2 is 1.31 bits per heavy atom. The number of halogens is 2. The van der Waals surface area contributed by atoms with Crippen molar-refractivity contribution in [2.45, 2.75) is 133 Å². The van der Waals surface area contributed by atoms with Crippen molar-refractivity contribution in [3.63, 3.8) is 0 Å². The molecule has 0 aliphatic carbocycles. The Bertz CT molecular complexity index is 2230. The first-order chi connectivity index (χ1) is 29.9. The molecule has 0 radical (unpaired) electrons. The molecule has 3 fully saturated rings. The normalized spacial score (nSPS) is 30.7. The zero-order valence-corrected chi connectivity index (χ0v) is 36.7. The Morgan fingerprint density at radius 1 is 0.790 bits per heavy atom. The van der Waals surface area contributed by atoms with Gasteiger partial charge in [-0.15, -0.1) is 0 Å². The van der Waals surface area contributed by atoms with E-state index in [0.29, 0.717) is 17.8 Å². The van der Waals surface area contributed by atoms with Crippen molar-refractivity contribution in [1.29, 1.82) is 0 Å². The zero-order chi connectivity index (χ0) is 43.9. The molecule has 2 unspecified atom stereocenters. The highest BCUT2D eigenvalue weighted by Crippen LogP contribution is 2.63. The van der Waals surface area contributed by atoms with Gasteiger partial charge in [-0.05, 0) is 6.42 Å². The summed E-state index contributed by atoms with van der Waals surface area (Å²) < 4.78 is 104. The Hall–Kier alpha value is -3.44. The third-order valence-electron chi connectivity index (χ3n) is 10.8. The molecule has 7 heterocycles. The standard InChI is InChI=1S/C36H52F2N10O11P2S/c1-2-3-4-5-6-7-8-9-10-11-12-13-24(49)54-21-62-61(52)56-15-22-29(25(37)35(57-22)47-18-45-27-31(39)41-16-43-33(27)47)53-20-60(50,51)55-14-23-30(59-61)26(38)36(58-23)48-19-46-28-32(40)42-17-44-34(28)48/h16-19,22-23,25-26,29-30,35-36H,2-15,20-21H2,1H3,(H,50,51)(H2,39,41,43)(H2,40,42,44)/t22-,23-,25-,26-,29-,30-,35-,36-,61?/m1/s1. The second-order valence-electron chi connectivity index (χ2n) is 15.2. The van der Waals surface area contributed by atoms with Crippen molar-refractivity contribution in [2.24, 2.45) is 0 Å². The number of aromatic nitrogens is 8. The average molecular weight is 933 g/mol. The van der Waals surface area contributed by atoms with E-state index in [1.54, 1.807) is 0 Å². The van der Waals surface area contributed by atoms with Gasteiger partial charge in [0, 0.05) is 17.8 Å². The van der Waals surface area contributed by atoms with Crippen LogP contribution in [0.1, 0.15) is 96.4 Å². The highest BCUT2D eigenvalue weighted by molar-refractivity contribution is 8.55. The summed E-state index contributed by atoms with van der Waals surface area (Å²) in [5.41, 5.74) is 12.4. The minimum Gasteiger partial charge on any atom is -0.454 e. The van der Waals surface area contributed by atoms with Gasteiger partial charge in [-0.3, -0.25) is 27.5 Å². The molecule has 0 saturated carbocycles. The van der Waals surface area contributed by atoms with Gasteiger partial charge in [0.2, 0.25) is 0 Å². The van der Waals surface area contributed by atoms with Gasteiger partial charge < -0.3 is 39.8 Å². The van der Waals surface area contributed by atoms with E-state index in [4.69, 9.17) is 44.0 Å². The molecular formula is C36H52F2N10O11P2S. The largest absolute Gasteiger partial charge is 0.454 e. The lowest BCUT2D eigenvalue weighted by atomic mass is 10.1. The number of fused-ring (bicyclic) bond motifs is 4. The first-order valence-electron chi connectivity index (χ1n) is 20.6. The van der Waals surface area contributed by atoms with Crippen LogP contribution in [-0.2, 0) is 46.4 Å². The van der Waals surface area contributed by atoms with Gasteiger partial charge >= 0.3 is 20.4 Å². The van der Waals surface area contributed by atoms with Crippen molar-refractivity contribution in [1.82, 2.24) is 39.0 Å². The molecule has 0 bridgehead atoms. The first kappa shape index (κ1) is 46.5. The summed E-state index contributed by atoms with van der Waals surface area (Å²) in [5.74, 6) is -1.04. The molecule has 4 aromatic heterocycles. The highest BCUT2D eigenvalue weighted by atomic mass is 32.7. The molecule has 4 aromatic rings. The van der Waals surface area contributed by atoms with Crippen LogP contribution in [0.2, 0.25) is 0 Å². The van der Waals surface area contributed by atoms with E-state index in [0.717, 1.165) is 38.3 Å². The van der Waals surface area contributed by atoms with E-state index in [2.05, 4.69) is 36.8 Å². The van der Waals surface area contributed by atoms with E-state index in [1.807, 2.05) is 0 Å². The molecule has 62 heavy (non-hydrogen) atoms. The summed E-state index contributed by atoms with van der Waals surface area (Å²) in [6, 6.07) is 0. The number of nitrogen functional groups attached to an aromatic ring is 2. The summed E-state index contributed by atoms with van der Waals surface area (Å²) >= 11 is 0.443. The lowest BCUT2D eigenvalue weighted by Crippen LogP contribution is -2.35. The van der Waals surface area contributed by atoms with Crippen LogP contribution >= 0.6 is 25.8 Å². The van der Waals surface area contributed by atoms with Gasteiger partial charge in [-0.1, -0.05) is 71.1 Å². The molecule has 26 heteroatoms. The van der Waals surface area contributed by atoms with Crippen molar-refractivity contribution in [3.05, 3.63) is 25.3 Å². The van der Waals surface area contributed by atoms with Crippen molar-refractivity contribution in [2.75, 3.05) is 37.0 Å². The molecule has 5 N–H and O–H groups in total. The topological polar surface area (TPSA) is 275 Å². The molecule has 0 aromatic carbocycles. The van der Waals surface area contributed by atoms with E-state index >= 15 is 8.78 Å². The number of alkyl halides is 2. The van der Waals surface area contributed by atoms with Gasteiger partial charge in [-0.2, -0.15) is 0 Å². The second-order valence-corrected chi connectivity index (χ2v) is 21.0. The number of nitrogens with zero attached hydrogens (tertiary/aromatic N) is 8. The van der Waals surface area contributed by atoms with E-state index in [-0.39, 0.29) is 40.4 Å². The number of carbonyl (C=O) groups is 1. The van der Waals surface area contributed by atoms with Gasteiger partial charge in [0.05, 0.1) is 25.9 Å². The summed E-state index contributed by atoms with van der Waals surface area (Å²) in [6.45, 7) is -3.93. The third kappa shape index (κ3) is 11.1. The minimum absolute atomic E-state index is 0.0154. The number of hydrogen-bond acceptors (Lipinski definition) is 19. The SMILES string of the molecule is CCCCCCCCCCCCCC(=O)OCSP1(=O)OC[C@H]2O[C@@H](n3cnc4c(N)ncnc43)[C@H](F)[C@@H]2OCP(=O)(O)OC[C@H]2O[C@@H](n3cnc4c(N)ncnc43)[C@H](F)[C@@H]2O1. The summed E-state index contributed by atoms with van der Waals surface area (Å²) in [7, 11) is -4.72.